The van der Waals surface area contributed by atoms with Gasteiger partial charge in [-0.3, -0.25) is 4.79 Å². The maximum Gasteiger partial charge on any atom is 0.416 e. The molecule has 1 aromatic heterocycles. The van der Waals surface area contributed by atoms with Crippen LogP contribution < -0.4 is 10.6 Å². The van der Waals surface area contributed by atoms with Crippen molar-refractivity contribution in [3.8, 4) is 0 Å². The summed E-state index contributed by atoms with van der Waals surface area (Å²) in [5, 5.41) is 7.37. The minimum atomic E-state index is -4.42. The molecule has 4 nitrogen and oxygen atoms in total. The van der Waals surface area contributed by atoms with E-state index in [1.165, 1.54) is 31.5 Å². The van der Waals surface area contributed by atoms with E-state index in [-0.39, 0.29) is 11.6 Å². The molecule has 0 unspecified atom stereocenters. The van der Waals surface area contributed by atoms with Gasteiger partial charge in [0.25, 0.3) is 5.91 Å². The Labute approximate surface area is 178 Å². The standard InChI is InChI=1S/C24H24F3N3O/c25-24(26,27)17-9-6-10-18(13-17)30-22-20-12-5-4-11-19(20)21(15-28-22)23(31)29-14-16-7-2-1-3-8-16/h4-6,9-13,15-16H,1-3,7-8,14H2,(H,28,30)(H,29,31). The second-order valence-corrected chi connectivity index (χ2v) is 7.98. The van der Waals surface area contributed by atoms with Gasteiger partial charge in [0, 0.05) is 23.8 Å². The number of nitrogens with zero attached hydrogens (tertiary/aromatic N) is 1. The van der Waals surface area contributed by atoms with Gasteiger partial charge in [-0.05, 0) is 42.3 Å². The second kappa shape index (κ2) is 8.96. The number of alkyl halides is 3. The third-order valence-electron chi connectivity index (χ3n) is 5.77. The van der Waals surface area contributed by atoms with Gasteiger partial charge in [-0.1, -0.05) is 49.6 Å². The van der Waals surface area contributed by atoms with E-state index < -0.39 is 11.7 Å². The summed E-state index contributed by atoms with van der Waals surface area (Å²) in [6, 6.07) is 12.2. The Morgan fingerprint density at radius 1 is 1.00 bits per heavy atom. The van der Waals surface area contributed by atoms with E-state index in [1.54, 1.807) is 12.1 Å². The van der Waals surface area contributed by atoms with E-state index in [9.17, 15) is 18.0 Å². The summed E-state index contributed by atoms with van der Waals surface area (Å²) in [6.45, 7) is 0.650. The lowest BCUT2D eigenvalue weighted by molar-refractivity contribution is -0.137. The lowest BCUT2D eigenvalue weighted by atomic mass is 9.89. The Morgan fingerprint density at radius 2 is 1.74 bits per heavy atom. The van der Waals surface area contributed by atoms with Gasteiger partial charge in [-0.25, -0.2) is 4.98 Å². The molecule has 2 N–H and O–H groups in total. The molecule has 31 heavy (non-hydrogen) atoms. The molecule has 1 heterocycles. The number of rotatable bonds is 5. The van der Waals surface area contributed by atoms with Crippen molar-refractivity contribution in [2.24, 2.45) is 5.92 Å². The van der Waals surface area contributed by atoms with Gasteiger partial charge >= 0.3 is 6.18 Å². The highest BCUT2D eigenvalue weighted by Gasteiger charge is 2.30. The van der Waals surface area contributed by atoms with Gasteiger partial charge < -0.3 is 10.6 Å². The number of nitrogens with one attached hydrogen (secondary N) is 2. The lowest BCUT2D eigenvalue weighted by Crippen LogP contribution is -2.30. The van der Waals surface area contributed by atoms with Gasteiger partial charge in [-0.2, -0.15) is 13.2 Å². The summed E-state index contributed by atoms with van der Waals surface area (Å²) in [6.07, 6.45) is 3.02. The molecule has 3 aromatic rings. The average Bonchev–Trinajstić information content (AvgIpc) is 2.78. The third kappa shape index (κ3) is 4.98. The quantitative estimate of drug-likeness (QED) is 0.502. The van der Waals surface area contributed by atoms with Crippen LogP contribution >= 0.6 is 0 Å². The van der Waals surface area contributed by atoms with Crippen molar-refractivity contribution in [1.82, 2.24) is 10.3 Å². The smallest absolute Gasteiger partial charge is 0.352 e. The van der Waals surface area contributed by atoms with Gasteiger partial charge in [0.15, 0.2) is 0 Å². The van der Waals surface area contributed by atoms with Crippen LogP contribution in [0.5, 0.6) is 0 Å². The zero-order chi connectivity index (χ0) is 21.8. The van der Waals surface area contributed by atoms with Gasteiger partial charge in [-0.15, -0.1) is 0 Å². The van der Waals surface area contributed by atoms with Crippen molar-refractivity contribution >= 4 is 28.2 Å². The molecule has 0 bridgehead atoms. The first-order valence-corrected chi connectivity index (χ1v) is 10.5. The molecule has 162 valence electrons. The van der Waals surface area contributed by atoms with Crippen molar-refractivity contribution < 1.29 is 18.0 Å². The molecule has 1 aliphatic carbocycles. The van der Waals surface area contributed by atoms with Crippen LogP contribution in [0.2, 0.25) is 0 Å². The van der Waals surface area contributed by atoms with Crippen LogP contribution in [-0.2, 0) is 6.18 Å². The lowest BCUT2D eigenvalue weighted by Gasteiger charge is -2.22. The molecule has 0 aliphatic heterocycles. The molecule has 0 atom stereocenters. The molecule has 1 saturated carbocycles. The second-order valence-electron chi connectivity index (χ2n) is 7.98. The summed E-state index contributed by atoms with van der Waals surface area (Å²) < 4.78 is 39.1. The molecule has 7 heteroatoms. The fraction of sp³-hybridized carbons (Fsp3) is 0.333. The van der Waals surface area contributed by atoms with Gasteiger partial charge in [0.1, 0.15) is 5.82 Å². The Morgan fingerprint density at radius 3 is 2.48 bits per heavy atom. The summed E-state index contributed by atoms with van der Waals surface area (Å²) in [5.41, 5.74) is 0.00324. The van der Waals surface area contributed by atoms with E-state index in [4.69, 9.17) is 0 Å². The number of carbonyl (C=O) groups excluding carboxylic acids is 1. The SMILES string of the molecule is O=C(NCC1CCCCC1)c1cnc(Nc2cccc(C(F)(F)F)c2)c2ccccc12. The number of pyridine rings is 1. The summed E-state index contributed by atoms with van der Waals surface area (Å²) >= 11 is 0. The Balaban J connectivity index is 1.57. The molecule has 0 spiro atoms. The predicted molar refractivity (Wildman–Crippen MR) is 115 cm³/mol. The van der Waals surface area contributed by atoms with Crippen molar-refractivity contribution in [2.75, 3.05) is 11.9 Å². The fourth-order valence-corrected chi connectivity index (χ4v) is 4.11. The van der Waals surface area contributed by atoms with Crippen LogP contribution in [0.4, 0.5) is 24.7 Å². The topological polar surface area (TPSA) is 54.0 Å². The summed E-state index contributed by atoms with van der Waals surface area (Å²) in [5.74, 6) is 0.734. The van der Waals surface area contributed by atoms with E-state index in [2.05, 4.69) is 15.6 Å². The number of hydrogen-bond acceptors (Lipinski definition) is 3. The maximum absolute atomic E-state index is 13.0. The largest absolute Gasteiger partial charge is 0.416 e. The van der Waals surface area contributed by atoms with Crippen LogP contribution in [0.3, 0.4) is 0 Å². The van der Waals surface area contributed by atoms with Crippen molar-refractivity contribution in [3.05, 3.63) is 65.9 Å². The molecule has 0 radical (unpaired) electrons. The van der Waals surface area contributed by atoms with E-state index in [1.807, 2.05) is 18.2 Å². The fourth-order valence-electron chi connectivity index (χ4n) is 4.11. The monoisotopic (exact) mass is 427 g/mol. The van der Waals surface area contributed by atoms with Crippen LogP contribution in [0.15, 0.2) is 54.7 Å². The average molecular weight is 427 g/mol. The third-order valence-corrected chi connectivity index (χ3v) is 5.77. The van der Waals surface area contributed by atoms with Gasteiger partial charge in [0.2, 0.25) is 0 Å². The van der Waals surface area contributed by atoms with Crippen LogP contribution in [-0.4, -0.2) is 17.4 Å². The minimum Gasteiger partial charge on any atom is -0.352 e. The highest BCUT2D eigenvalue weighted by Crippen LogP contribution is 2.32. The zero-order valence-corrected chi connectivity index (χ0v) is 17.0. The molecule has 0 saturated heterocycles. The van der Waals surface area contributed by atoms with Crippen molar-refractivity contribution in [2.45, 2.75) is 38.3 Å². The van der Waals surface area contributed by atoms with Crippen molar-refractivity contribution in [3.63, 3.8) is 0 Å². The molecule has 1 aliphatic rings. The number of hydrogen-bond donors (Lipinski definition) is 2. The van der Waals surface area contributed by atoms with Gasteiger partial charge in [0.05, 0.1) is 11.1 Å². The zero-order valence-electron chi connectivity index (χ0n) is 17.0. The number of aromatic nitrogens is 1. The molecule has 4 rings (SSSR count). The first-order chi connectivity index (χ1) is 14.9. The Kier molecular flexibility index (Phi) is 6.11. The van der Waals surface area contributed by atoms with E-state index in [0.29, 0.717) is 34.6 Å². The van der Waals surface area contributed by atoms with E-state index >= 15 is 0 Å². The minimum absolute atomic E-state index is 0.181. The van der Waals surface area contributed by atoms with Crippen LogP contribution in [0.1, 0.15) is 48.0 Å². The number of fused-ring (bicyclic) bond motifs is 1. The molecule has 1 fully saturated rings. The number of amides is 1. The molecule has 1 amide bonds. The number of carbonyl (C=O) groups is 1. The first-order valence-electron chi connectivity index (χ1n) is 10.5. The maximum atomic E-state index is 13.0. The number of anilines is 2. The molecular formula is C24H24F3N3O. The molecule has 2 aromatic carbocycles. The van der Waals surface area contributed by atoms with E-state index in [0.717, 1.165) is 25.0 Å². The highest BCUT2D eigenvalue weighted by molar-refractivity contribution is 6.09. The highest BCUT2D eigenvalue weighted by atomic mass is 19.4. The summed E-state index contributed by atoms with van der Waals surface area (Å²) in [4.78, 5) is 17.2. The Hall–Kier alpha value is -3.09. The number of benzene rings is 2. The van der Waals surface area contributed by atoms with Crippen LogP contribution in [0, 0.1) is 5.92 Å². The van der Waals surface area contributed by atoms with Crippen molar-refractivity contribution in [1.29, 1.82) is 0 Å². The molecular weight excluding hydrogens is 403 g/mol. The van der Waals surface area contributed by atoms with Crippen LogP contribution in [0.25, 0.3) is 10.8 Å². The Bertz CT molecular complexity index is 1080. The first kappa shape index (κ1) is 21.2. The summed E-state index contributed by atoms with van der Waals surface area (Å²) in [7, 11) is 0. The normalized spacial score (nSPS) is 15.1. The predicted octanol–water partition coefficient (Wildman–Crippen LogP) is 6.31. The number of halogens is 3.